The van der Waals surface area contributed by atoms with E-state index in [1.807, 2.05) is 18.2 Å². The highest BCUT2D eigenvalue weighted by Crippen LogP contribution is 2.26. The van der Waals surface area contributed by atoms with Gasteiger partial charge in [0.1, 0.15) is 17.4 Å². The Labute approximate surface area is 186 Å². The molecule has 1 aliphatic rings. The maximum absolute atomic E-state index is 14.5. The van der Waals surface area contributed by atoms with Crippen molar-refractivity contribution in [3.63, 3.8) is 0 Å². The van der Waals surface area contributed by atoms with Crippen LogP contribution in [-0.4, -0.2) is 39.2 Å². The molecule has 1 aliphatic heterocycles. The average Bonchev–Trinajstić information content (AvgIpc) is 3.14. The number of hydrogen-bond donors (Lipinski definition) is 3. The third-order valence-corrected chi connectivity index (χ3v) is 5.04. The lowest BCUT2D eigenvalue weighted by Gasteiger charge is -2.27. The standard InChI is InChI=1S/C21H17ClF2N6O2/c22-11-6-26-21(27-7-11)32-14-4-16(23)15(17(24)5-14)8-25-20-29-18-2-1-12(3-19(18)30-20)28-13-9-31-10-13/h1-7,13,28H,8-10H2,(H2,25,29,30). The Morgan fingerprint density at radius 1 is 1.12 bits per heavy atom. The highest BCUT2D eigenvalue weighted by Gasteiger charge is 2.18. The van der Waals surface area contributed by atoms with Crippen LogP contribution in [0.15, 0.2) is 42.7 Å². The maximum atomic E-state index is 14.5. The van der Waals surface area contributed by atoms with Crippen molar-refractivity contribution in [2.45, 2.75) is 12.6 Å². The number of ether oxygens (including phenoxy) is 2. The first kappa shape index (κ1) is 20.4. The van der Waals surface area contributed by atoms with Crippen LogP contribution in [-0.2, 0) is 11.3 Å². The molecule has 0 amide bonds. The fourth-order valence-corrected chi connectivity index (χ4v) is 3.27. The van der Waals surface area contributed by atoms with Gasteiger partial charge in [0.05, 0.1) is 47.7 Å². The van der Waals surface area contributed by atoms with Crippen LogP contribution in [0.25, 0.3) is 11.0 Å². The molecule has 11 heteroatoms. The van der Waals surface area contributed by atoms with Gasteiger partial charge < -0.3 is 25.1 Å². The topological polar surface area (TPSA) is 97.0 Å². The molecule has 0 bridgehead atoms. The Hall–Kier alpha value is -3.50. The van der Waals surface area contributed by atoms with Crippen LogP contribution < -0.4 is 15.4 Å². The summed E-state index contributed by atoms with van der Waals surface area (Å²) in [6.45, 7) is 1.25. The lowest BCUT2D eigenvalue weighted by Crippen LogP contribution is -2.40. The van der Waals surface area contributed by atoms with Crippen LogP contribution in [0.5, 0.6) is 11.8 Å². The van der Waals surface area contributed by atoms with Crippen molar-refractivity contribution in [2.75, 3.05) is 23.8 Å². The van der Waals surface area contributed by atoms with Gasteiger partial charge >= 0.3 is 6.01 Å². The molecule has 3 heterocycles. The second-order valence-electron chi connectivity index (χ2n) is 7.20. The summed E-state index contributed by atoms with van der Waals surface area (Å²) in [5, 5.41) is 6.60. The molecule has 1 saturated heterocycles. The van der Waals surface area contributed by atoms with Gasteiger partial charge in [-0.1, -0.05) is 11.6 Å². The van der Waals surface area contributed by atoms with Crippen molar-refractivity contribution in [3.05, 3.63) is 64.9 Å². The van der Waals surface area contributed by atoms with Gasteiger partial charge in [0.2, 0.25) is 5.95 Å². The Balaban J connectivity index is 1.27. The largest absolute Gasteiger partial charge is 0.424 e. The quantitative estimate of drug-likeness (QED) is 0.375. The van der Waals surface area contributed by atoms with Crippen molar-refractivity contribution < 1.29 is 18.3 Å². The van der Waals surface area contributed by atoms with E-state index in [1.165, 1.54) is 12.4 Å². The van der Waals surface area contributed by atoms with E-state index in [-0.39, 0.29) is 23.9 Å². The second kappa shape index (κ2) is 8.56. The highest BCUT2D eigenvalue weighted by atomic mass is 35.5. The molecule has 0 aliphatic carbocycles. The molecule has 1 fully saturated rings. The molecule has 0 unspecified atom stereocenters. The molecule has 32 heavy (non-hydrogen) atoms. The molecular formula is C21H17ClF2N6O2. The van der Waals surface area contributed by atoms with Crippen molar-refractivity contribution in [1.29, 1.82) is 0 Å². The molecule has 0 spiro atoms. The van der Waals surface area contributed by atoms with Crippen LogP contribution in [0.3, 0.4) is 0 Å². The number of imidazole rings is 1. The number of nitrogens with one attached hydrogen (secondary N) is 3. The molecule has 0 radical (unpaired) electrons. The number of H-pyrrole nitrogens is 1. The summed E-state index contributed by atoms with van der Waals surface area (Å²) in [5.74, 6) is -1.21. The van der Waals surface area contributed by atoms with E-state index in [9.17, 15) is 8.78 Å². The van der Waals surface area contributed by atoms with Gasteiger partial charge in [-0.2, -0.15) is 0 Å². The van der Waals surface area contributed by atoms with Crippen molar-refractivity contribution >= 4 is 34.3 Å². The van der Waals surface area contributed by atoms with Crippen LogP contribution in [0, 0.1) is 11.6 Å². The van der Waals surface area contributed by atoms with Gasteiger partial charge in [0.15, 0.2) is 0 Å². The minimum Gasteiger partial charge on any atom is -0.424 e. The smallest absolute Gasteiger partial charge is 0.321 e. The number of fused-ring (bicyclic) bond motifs is 1. The van der Waals surface area contributed by atoms with Crippen molar-refractivity contribution in [3.8, 4) is 11.8 Å². The zero-order valence-corrected chi connectivity index (χ0v) is 17.3. The van der Waals surface area contributed by atoms with E-state index in [1.54, 1.807) is 0 Å². The first-order chi connectivity index (χ1) is 15.5. The molecule has 3 N–H and O–H groups in total. The number of aromatic amines is 1. The van der Waals surface area contributed by atoms with Crippen LogP contribution in [0.1, 0.15) is 5.56 Å². The number of hydrogen-bond acceptors (Lipinski definition) is 7. The second-order valence-corrected chi connectivity index (χ2v) is 7.64. The average molecular weight is 459 g/mol. The zero-order valence-electron chi connectivity index (χ0n) is 16.5. The lowest BCUT2D eigenvalue weighted by molar-refractivity contribution is 0.0211. The predicted octanol–water partition coefficient (Wildman–Crippen LogP) is 4.50. The Morgan fingerprint density at radius 2 is 1.88 bits per heavy atom. The van der Waals surface area contributed by atoms with Crippen LogP contribution in [0.2, 0.25) is 5.02 Å². The van der Waals surface area contributed by atoms with Gasteiger partial charge in [0, 0.05) is 29.9 Å². The van der Waals surface area contributed by atoms with Crippen molar-refractivity contribution in [2.24, 2.45) is 0 Å². The van der Waals surface area contributed by atoms with Crippen LogP contribution in [0.4, 0.5) is 20.4 Å². The number of rotatable bonds is 7. The van der Waals surface area contributed by atoms with Gasteiger partial charge in [-0.05, 0) is 18.2 Å². The lowest BCUT2D eigenvalue weighted by atomic mass is 10.2. The molecule has 2 aromatic heterocycles. The minimum absolute atomic E-state index is 0.0632. The normalized spacial score (nSPS) is 13.7. The van der Waals surface area contributed by atoms with Crippen LogP contribution >= 0.6 is 11.6 Å². The maximum Gasteiger partial charge on any atom is 0.321 e. The summed E-state index contributed by atoms with van der Waals surface area (Å²) in [4.78, 5) is 15.2. The molecular weight excluding hydrogens is 442 g/mol. The first-order valence-electron chi connectivity index (χ1n) is 9.75. The summed E-state index contributed by atoms with van der Waals surface area (Å²) >= 11 is 5.71. The third kappa shape index (κ3) is 4.41. The van der Waals surface area contributed by atoms with Gasteiger partial charge in [0.25, 0.3) is 0 Å². The number of anilines is 2. The number of halogens is 3. The number of benzene rings is 2. The Kier molecular flexibility index (Phi) is 5.46. The van der Waals surface area contributed by atoms with E-state index < -0.39 is 11.6 Å². The van der Waals surface area contributed by atoms with Crippen molar-refractivity contribution in [1.82, 2.24) is 19.9 Å². The van der Waals surface area contributed by atoms with Gasteiger partial charge in [-0.3, -0.25) is 0 Å². The monoisotopic (exact) mass is 458 g/mol. The molecule has 4 aromatic rings. The summed E-state index contributed by atoms with van der Waals surface area (Å²) in [6.07, 6.45) is 2.64. The summed E-state index contributed by atoms with van der Waals surface area (Å²) in [7, 11) is 0. The summed E-state index contributed by atoms with van der Waals surface area (Å²) in [5.41, 5.74) is 2.32. The predicted molar refractivity (Wildman–Crippen MR) is 115 cm³/mol. The third-order valence-electron chi connectivity index (χ3n) is 4.84. The number of nitrogens with zero attached hydrogens (tertiary/aromatic N) is 3. The Bertz CT molecular complexity index is 1240. The molecule has 8 nitrogen and oxygen atoms in total. The fourth-order valence-electron chi connectivity index (χ4n) is 3.18. The molecule has 164 valence electrons. The fraction of sp³-hybridized carbons (Fsp3) is 0.190. The summed E-state index contributed by atoms with van der Waals surface area (Å²) < 4.78 is 39.5. The van der Waals surface area contributed by atoms with Gasteiger partial charge in [-0.15, -0.1) is 0 Å². The minimum atomic E-state index is -0.772. The first-order valence-corrected chi connectivity index (χ1v) is 10.1. The van der Waals surface area contributed by atoms with E-state index >= 15 is 0 Å². The van der Waals surface area contributed by atoms with E-state index in [0.29, 0.717) is 30.2 Å². The zero-order chi connectivity index (χ0) is 22.1. The molecule has 0 atom stereocenters. The Morgan fingerprint density at radius 3 is 2.56 bits per heavy atom. The van der Waals surface area contributed by atoms with E-state index in [0.717, 1.165) is 28.9 Å². The molecule has 5 rings (SSSR count). The highest BCUT2D eigenvalue weighted by molar-refractivity contribution is 6.30. The summed E-state index contributed by atoms with van der Waals surface area (Å²) in [6, 6.07) is 8.09. The molecule has 0 saturated carbocycles. The number of aromatic nitrogens is 4. The van der Waals surface area contributed by atoms with E-state index in [2.05, 4.69) is 30.6 Å². The van der Waals surface area contributed by atoms with E-state index in [4.69, 9.17) is 21.1 Å². The SMILES string of the molecule is Fc1cc(Oc2ncc(Cl)cn2)cc(F)c1CNc1nc2ccc(NC3COC3)cc2[nH]1. The molecule has 2 aromatic carbocycles. The van der Waals surface area contributed by atoms with Gasteiger partial charge in [-0.25, -0.2) is 23.7 Å².